The summed E-state index contributed by atoms with van der Waals surface area (Å²) in [6.45, 7) is -0.189. The molecule has 3 rings (SSSR count). The number of nitrogens with one attached hydrogen (secondary N) is 1. The monoisotopic (exact) mass is 365 g/mol. The molecule has 124 valence electrons. The van der Waals surface area contributed by atoms with Crippen LogP contribution in [-0.2, 0) is 6.42 Å². The minimum Gasteiger partial charge on any atom is -0.619 e. The van der Waals surface area contributed by atoms with E-state index in [1.54, 1.807) is 30.3 Å². The Hall–Kier alpha value is -2.28. The van der Waals surface area contributed by atoms with Gasteiger partial charge in [0.15, 0.2) is 12.4 Å². The summed E-state index contributed by atoms with van der Waals surface area (Å²) in [4.78, 5) is 12.7. The van der Waals surface area contributed by atoms with Crippen LogP contribution < -0.4 is 10.3 Å². The van der Waals surface area contributed by atoms with Gasteiger partial charge in [0.1, 0.15) is 0 Å². The molecule has 0 aliphatic rings. The molecule has 0 fully saturated rings. The van der Waals surface area contributed by atoms with Crippen molar-refractivity contribution in [2.45, 2.75) is 6.42 Å². The van der Waals surface area contributed by atoms with Gasteiger partial charge < -0.3 is 10.3 Å². The fraction of sp³-hybridized carbons (Fsp3) is 0.125. The lowest BCUT2D eigenvalue weighted by Gasteiger charge is -2.04. The molecule has 2 N–H and O–H groups in total. The van der Waals surface area contributed by atoms with Crippen LogP contribution in [0.2, 0.25) is 10.0 Å². The van der Waals surface area contributed by atoms with Crippen molar-refractivity contribution in [2.75, 3.05) is 6.61 Å². The Bertz CT molecular complexity index is 950. The first kappa shape index (κ1) is 16.6. The largest absolute Gasteiger partial charge is 0.619 e. The van der Waals surface area contributed by atoms with E-state index in [2.05, 4.69) is 5.10 Å². The highest BCUT2D eigenvalue weighted by atomic mass is 35.5. The first-order chi connectivity index (χ1) is 11.5. The van der Waals surface area contributed by atoms with Crippen LogP contribution >= 0.6 is 23.2 Å². The first-order valence-corrected chi connectivity index (χ1v) is 7.86. The van der Waals surface area contributed by atoms with E-state index in [4.69, 9.17) is 23.2 Å². The van der Waals surface area contributed by atoms with Crippen LogP contribution in [0.4, 0.5) is 0 Å². The number of H-pyrrole nitrogens is 1. The van der Waals surface area contributed by atoms with Crippen molar-refractivity contribution >= 4 is 23.2 Å². The molecule has 0 atom stereocenters. The number of hydrogen-bond acceptors (Lipinski definition) is 3. The molecule has 24 heavy (non-hydrogen) atoms. The standard InChI is InChI=1S/C16H13Cl2N3O3/c17-13-4-3-11(8-14(13)18)21-16(23)12(5-7-22)15(19-21)10-2-1-6-20(24)9-10/h1-4,6,8-9,19,22H,5,7H2. The number of hydrogen-bond donors (Lipinski definition) is 2. The van der Waals surface area contributed by atoms with Crippen molar-refractivity contribution < 1.29 is 9.84 Å². The van der Waals surface area contributed by atoms with Crippen LogP contribution in [0.25, 0.3) is 16.9 Å². The van der Waals surface area contributed by atoms with E-state index in [0.717, 1.165) is 0 Å². The Labute approximate surface area is 147 Å². The topological polar surface area (TPSA) is 85.0 Å². The van der Waals surface area contributed by atoms with Gasteiger partial charge in [-0.15, -0.1) is 0 Å². The Balaban J connectivity index is 2.20. The van der Waals surface area contributed by atoms with Crippen LogP contribution in [0.15, 0.2) is 47.5 Å². The quantitative estimate of drug-likeness (QED) is 0.549. The number of aliphatic hydroxyl groups excluding tert-OH is 1. The Kier molecular flexibility index (Phi) is 4.62. The SMILES string of the molecule is O=c1c(CCO)c(-c2ccc[n+]([O-])c2)[nH]n1-c1ccc(Cl)c(Cl)c1. The second kappa shape index (κ2) is 6.68. The van der Waals surface area contributed by atoms with Crippen LogP contribution in [0.3, 0.4) is 0 Å². The molecule has 0 unspecified atom stereocenters. The number of rotatable bonds is 4. The van der Waals surface area contributed by atoms with E-state index in [1.807, 2.05) is 0 Å². The summed E-state index contributed by atoms with van der Waals surface area (Å²) in [5.41, 5.74) is 1.59. The smallest absolute Gasteiger partial charge is 0.275 e. The lowest BCUT2D eigenvalue weighted by molar-refractivity contribution is -0.604. The zero-order valence-corrected chi connectivity index (χ0v) is 13.9. The maximum atomic E-state index is 12.7. The van der Waals surface area contributed by atoms with Gasteiger partial charge in [-0.25, -0.2) is 4.68 Å². The molecule has 0 radical (unpaired) electrons. The number of pyridine rings is 1. The lowest BCUT2D eigenvalue weighted by Crippen LogP contribution is -2.24. The fourth-order valence-corrected chi connectivity index (χ4v) is 2.76. The summed E-state index contributed by atoms with van der Waals surface area (Å²) in [5, 5.41) is 24.5. The molecular formula is C16H13Cl2N3O3. The van der Waals surface area contributed by atoms with Gasteiger partial charge in [0.05, 0.1) is 27.0 Å². The van der Waals surface area contributed by atoms with E-state index in [1.165, 1.54) is 17.1 Å². The predicted molar refractivity (Wildman–Crippen MR) is 91.6 cm³/mol. The summed E-state index contributed by atoms with van der Waals surface area (Å²) in [6.07, 6.45) is 2.86. The molecule has 0 aliphatic heterocycles. The van der Waals surface area contributed by atoms with Crippen molar-refractivity contribution in [1.82, 2.24) is 9.78 Å². The maximum Gasteiger partial charge on any atom is 0.275 e. The number of halogens is 2. The third-order valence-corrected chi connectivity index (χ3v) is 4.31. The highest BCUT2D eigenvalue weighted by Crippen LogP contribution is 2.25. The van der Waals surface area contributed by atoms with Crippen molar-refractivity contribution in [3.8, 4) is 16.9 Å². The molecule has 0 aliphatic carbocycles. The third-order valence-electron chi connectivity index (χ3n) is 3.57. The van der Waals surface area contributed by atoms with Crippen LogP contribution in [0.5, 0.6) is 0 Å². The molecule has 0 spiro atoms. The number of aromatic amines is 1. The predicted octanol–water partition coefficient (Wildman–Crippen LogP) is 2.31. The maximum absolute atomic E-state index is 12.7. The van der Waals surface area contributed by atoms with E-state index in [0.29, 0.717) is 37.3 Å². The molecule has 2 heterocycles. The van der Waals surface area contributed by atoms with Crippen LogP contribution in [-0.4, -0.2) is 21.5 Å². The van der Waals surface area contributed by atoms with Gasteiger partial charge in [0.2, 0.25) is 0 Å². The molecule has 0 saturated heterocycles. The summed E-state index contributed by atoms with van der Waals surface area (Å²) >= 11 is 11.9. The Morgan fingerprint density at radius 2 is 2.04 bits per heavy atom. The van der Waals surface area contributed by atoms with Gasteiger partial charge in [0, 0.05) is 24.7 Å². The second-order valence-electron chi connectivity index (χ2n) is 5.13. The van der Waals surface area contributed by atoms with E-state index >= 15 is 0 Å². The van der Waals surface area contributed by atoms with E-state index in [9.17, 15) is 15.1 Å². The normalized spacial score (nSPS) is 11.0. The van der Waals surface area contributed by atoms with Crippen molar-refractivity contribution in [3.63, 3.8) is 0 Å². The minimum absolute atomic E-state index is 0.159. The van der Waals surface area contributed by atoms with Crippen LogP contribution in [0, 0.1) is 5.21 Å². The molecular weight excluding hydrogens is 353 g/mol. The second-order valence-corrected chi connectivity index (χ2v) is 5.94. The summed E-state index contributed by atoms with van der Waals surface area (Å²) in [5.74, 6) is 0. The van der Waals surface area contributed by atoms with Gasteiger partial charge in [-0.3, -0.25) is 9.89 Å². The first-order valence-electron chi connectivity index (χ1n) is 7.10. The van der Waals surface area contributed by atoms with Gasteiger partial charge in [-0.2, -0.15) is 4.73 Å². The summed E-state index contributed by atoms with van der Waals surface area (Å²) in [6, 6.07) is 8.09. The van der Waals surface area contributed by atoms with Crippen molar-refractivity contribution in [1.29, 1.82) is 0 Å². The summed E-state index contributed by atoms with van der Waals surface area (Å²) in [7, 11) is 0. The summed E-state index contributed by atoms with van der Waals surface area (Å²) < 4.78 is 1.96. The highest BCUT2D eigenvalue weighted by molar-refractivity contribution is 6.42. The van der Waals surface area contributed by atoms with Crippen molar-refractivity contribution in [2.24, 2.45) is 0 Å². The number of benzene rings is 1. The Morgan fingerprint density at radius 3 is 2.71 bits per heavy atom. The molecule has 0 saturated carbocycles. The van der Waals surface area contributed by atoms with E-state index in [-0.39, 0.29) is 18.6 Å². The molecule has 3 aromatic rings. The average molecular weight is 366 g/mol. The molecule has 8 heteroatoms. The van der Waals surface area contributed by atoms with Crippen LogP contribution in [0.1, 0.15) is 5.56 Å². The van der Waals surface area contributed by atoms with Gasteiger partial charge in [0.25, 0.3) is 5.56 Å². The van der Waals surface area contributed by atoms with E-state index < -0.39 is 0 Å². The van der Waals surface area contributed by atoms with Gasteiger partial charge in [-0.1, -0.05) is 23.2 Å². The zero-order chi connectivity index (χ0) is 17.3. The molecule has 6 nitrogen and oxygen atoms in total. The third kappa shape index (κ3) is 3.03. The molecule has 2 aromatic heterocycles. The molecule has 0 amide bonds. The Morgan fingerprint density at radius 1 is 1.25 bits per heavy atom. The lowest BCUT2D eigenvalue weighted by atomic mass is 10.1. The number of aromatic nitrogens is 3. The number of aliphatic hydroxyl groups is 1. The molecule has 0 bridgehead atoms. The van der Waals surface area contributed by atoms with Gasteiger partial charge >= 0.3 is 0 Å². The highest BCUT2D eigenvalue weighted by Gasteiger charge is 2.18. The zero-order valence-electron chi connectivity index (χ0n) is 12.4. The number of nitrogens with zero attached hydrogens (tertiary/aromatic N) is 2. The minimum atomic E-state index is -0.321. The average Bonchev–Trinajstić information content (AvgIpc) is 2.88. The molecule has 1 aromatic carbocycles. The van der Waals surface area contributed by atoms with Crippen molar-refractivity contribution in [3.05, 3.63) is 73.9 Å². The van der Waals surface area contributed by atoms with Gasteiger partial charge in [-0.05, 0) is 24.3 Å². The fourth-order valence-electron chi connectivity index (χ4n) is 2.46.